The Morgan fingerprint density at radius 3 is 2.67 bits per heavy atom. The van der Waals surface area contributed by atoms with Crippen LogP contribution in [-0.4, -0.2) is 24.5 Å². The molecule has 0 radical (unpaired) electrons. The van der Waals surface area contributed by atoms with Crippen LogP contribution in [0.15, 0.2) is 66.9 Å². The van der Waals surface area contributed by atoms with Crippen LogP contribution < -0.4 is 15.4 Å². The van der Waals surface area contributed by atoms with Crippen molar-refractivity contribution in [1.29, 1.82) is 0 Å². The summed E-state index contributed by atoms with van der Waals surface area (Å²) in [6.45, 7) is 0.514. The summed E-state index contributed by atoms with van der Waals surface area (Å²) in [7, 11) is 1.63. The molecular formula is C21H20FN3O2. The van der Waals surface area contributed by atoms with Gasteiger partial charge in [-0.15, -0.1) is 0 Å². The minimum absolute atomic E-state index is 0.187. The Bertz CT molecular complexity index is 913. The number of carbonyl (C=O) groups excluding carboxylic acids is 1. The lowest BCUT2D eigenvalue weighted by Crippen LogP contribution is -2.25. The van der Waals surface area contributed by atoms with Crippen molar-refractivity contribution >= 4 is 17.4 Å². The maximum atomic E-state index is 13.3. The average Bonchev–Trinajstić information content (AvgIpc) is 2.69. The van der Waals surface area contributed by atoms with Gasteiger partial charge in [0.1, 0.15) is 17.4 Å². The van der Waals surface area contributed by atoms with Gasteiger partial charge in [0.15, 0.2) is 0 Å². The minimum atomic E-state index is -0.340. The van der Waals surface area contributed by atoms with Crippen LogP contribution in [0, 0.1) is 5.82 Å². The molecule has 0 spiro atoms. The summed E-state index contributed by atoms with van der Waals surface area (Å²) < 4.78 is 18.4. The SMILES string of the molecule is COc1ccc(CCNC(=O)c2ccnc(Nc3cccc(F)c3)c2)cc1. The second-order valence-electron chi connectivity index (χ2n) is 5.92. The molecule has 0 saturated carbocycles. The van der Waals surface area contributed by atoms with Crippen LogP contribution in [0.4, 0.5) is 15.9 Å². The highest BCUT2D eigenvalue weighted by Gasteiger charge is 2.07. The Labute approximate surface area is 157 Å². The van der Waals surface area contributed by atoms with Crippen LogP contribution in [0.3, 0.4) is 0 Å². The Hall–Kier alpha value is -3.41. The van der Waals surface area contributed by atoms with Gasteiger partial charge in [0.2, 0.25) is 0 Å². The number of pyridine rings is 1. The summed E-state index contributed by atoms with van der Waals surface area (Å²) in [6.07, 6.45) is 2.26. The fraction of sp³-hybridized carbons (Fsp3) is 0.143. The zero-order valence-electron chi connectivity index (χ0n) is 14.9. The predicted octanol–water partition coefficient (Wildman–Crippen LogP) is 3.95. The van der Waals surface area contributed by atoms with Gasteiger partial charge < -0.3 is 15.4 Å². The number of methoxy groups -OCH3 is 1. The monoisotopic (exact) mass is 365 g/mol. The van der Waals surface area contributed by atoms with Gasteiger partial charge >= 0.3 is 0 Å². The van der Waals surface area contributed by atoms with Crippen molar-refractivity contribution in [2.75, 3.05) is 19.0 Å². The maximum absolute atomic E-state index is 13.3. The van der Waals surface area contributed by atoms with Crippen LogP contribution in [0.2, 0.25) is 0 Å². The summed E-state index contributed by atoms with van der Waals surface area (Å²) in [5.41, 5.74) is 2.16. The Morgan fingerprint density at radius 1 is 1.11 bits per heavy atom. The van der Waals surface area contributed by atoms with Gasteiger partial charge in [-0.05, 0) is 54.4 Å². The molecule has 0 bridgehead atoms. The first-order chi connectivity index (χ1) is 13.1. The molecule has 0 aliphatic heterocycles. The molecule has 0 saturated heterocycles. The molecule has 0 fully saturated rings. The number of benzene rings is 2. The quantitative estimate of drug-likeness (QED) is 0.666. The highest BCUT2D eigenvalue weighted by molar-refractivity contribution is 5.94. The van der Waals surface area contributed by atoms with Crippen molar-refractivity contribution in [1.82, 2.24) is 10.3 Å². The van der Waals surface area contributed by atoms with Gasteiger partial charge in [-0.25, -0.2) is 9.37 Å². The Balaban J connectivity index is 1.56. The summed E-state index contributed by atoms with van der Waals surface area (Å²) >= 11 is 0. The number of hydrogen-bond donors (Lipinski definition) is 2. The van der Waals surface area contributed by atoms with E-state index in [4.69, 9.17) is 4.74 Å². The zero-order valence-corrected chi connectivity index (χ0v) is 14.9. The molecule has 3 rings (SSSR count). The van der Waals surface area contributed by atoms with Crippen molar-refractivity contribution in [2.24, 2.45) is 0 Å². The molecular weight excluding hydrogens is 345 g/mol. The minimum Gasteiger partial charge on any atom is -0.497 e. The highest BCUT2D eigenvalue weighted by Crippen LogP contribution is 2.16. The third-order valence-corrected chi connectivity index (χ3v) is 3.98. The van der Waals surface area contributed by atoms with E-state index in [0.29, 0.717) is 23.6 Å². The van der Waals surface area contributed by atoms with E-state index >= 15 is 0 Å². The molecule has 2 aromatic carbocycles. The van der Waals surface area contributed by atoms with E-state index in [0.717, 1.165) is 17.7 Å². The van der Waals surface area contributed by atoms with Crippen LogP contribution in [0.1, 0.15) is 15.9 Å². The molecule has 27 heavy (non-hydrogen) atoms. The van der Waals surface area contributed by atoms with Crippen molar-refractivity contribution in [2.45, 2.75) is 6.42 Å². The number of rotatable bonds is 7. The van der Waals surface area contributed by atoms with Gasteiger partial charge in [-0.1, -0.05) is 18.2 Å². The van der Waals surface area contributed by atoms with Gasteiger partial charge in [-0.2, -0.15) is 0 Å². The molecule has 2 N–H and O–H groups in total. The number of nitrogens with one attached hydrogen (secondary N) is 2. The van der Waals surface area contributed by atoms with E-state index in [1.54, 1.807) is 37.6 Å². The number of amides is 1. The molecule has 0 aliphatic rings. The maximum Gasteiger partial charge on any atom is 0.251 e. The summed E-state index contributed by atoms with van der Waals surface area (Å²) in [5, 5.41) is 5.88. The molecule has 1 aromatic heterocycles. The van der Waals surface area contributed by atoms with Crippen LogP contribution in [0.5, 0.6) is 5.75 Å². The smallest absolute Gasteiger partial charge is 0.251 e. The number of carbonyl (C=O) groups is 1. The Kier molecular flexibility index (Phi) is 5.99. The molecule has 5 nitrogen and oxygen atoms in total. The molecule has 0 atom stereocenters. The first-order valence-corrected chi connectivity index (χ1v) is 8.54. The van der Waals surface area contributed by atoms with Crippen molar-refractivity contribution in [3.8, 4) is 5.75 Å². The van der Waals surface area contributed by atoms with Gasteiger partial charge in [0, 0.05) is 24.0 Å². The fourth-order valence-electron chi connectivity index (χ4n) is 2.57. The lowest BCUT2D eigenvalue weighted by Gasteiger charge is -2.09. The van der Waals surface area contributed by atoms with Crippen molar-refractivity contribution in [3.05, 3.63) is 83.8 Å². The first-order valence-electron chi connectivity index (χ1n) is 8.54. The van der Waals surface area contributed by atoms with Crippen LogP contribution in [0.25, 0.3) is 0 Å². The molecule has 6 heteroatoms. The normalized spacial score (nSPS) is 10.3. The van der Waals surface area contributed by atoms with Gasteiger partial charge in [-0.3, -0.25) is 4.79 Å². The molecule has 3 aromatic rings. The van der Waals surface area contributed by atoms with Crippen LogP contribution >= 0.6 is 0 Å². The summed E-state index contributed by atoms with van der Waals surface area (Å²) in [4.78, 5) is 16.5. The third-order valence-electron chi connectivity index (χ3n) is 3.98. The number of halogens is 1. The number of hydrogen-bond acceptors (Lipinski definition) is 4. The van der Waals surface area contributed by atoms with E-state index in [9.17, 15) is 9.18 Å². The van der Waals surface area contributed by atoms with E-state index in [2.05, 4.69) is 15.6 Å². The lowest BCUT2D eigenvalue weighted by atomic mass is 10.1. The highest BCUT2D eigenvalue weighted by atomic mass is 19.1. The predicted molar refractivity (Wildman–Crippen MR) is 103 cm³/mol. The van der Waals surface area contributed by atoms with E-state index in [1.165, 1.54) is 12.1 Å². The van der Waals surface area contributed by atoms with Crippen molar-refractivity contribution < 1.29 is 13.9 Å². The van der Waals surface area contributed by atoms with Gasteiger partial charge in [0.05, 0.1) is 7.11 Å². The molecule has 1 amide bonds. The number of nitrogens with zero attached hydrogens (tertiary/aromatic N) is 1. The lowest BCUT2D eigenvalue weighted by molar-refractivity contribution is 0.0954. The van der Waals surface area contributed by atoms with Gasteiger partial charge in [0.25, 0.3) is 5.91 Å². The first kappa shape index (κ1) is 18.4. The topological polar surface area (TPSA) is 63.2 Å². The second kappa shape index (κ2) is 8.80. The largest absolute Gasteiger partial charge is 0.497 e. The van der Waals surface area contributed by atoms with E-state index in [1.807, 2.05) is 24.3 Å². The fourth-order valence-corrected chi connectivity index (χ4v) is 2.57. The average molecular weight is 365 g/mol. The van der Waals surface area contributed by atoms with Crippen molar-refractivity contribution in [3.63, 3.8) is 0 Å². The number of anilines is 2. The third kappa shape index (κ3) is 5.28. The standard InChI is InChI=1S/C21H20FN3O2/c1-27-19-7-5-15(6-8-19)9-11-24-21(26)16-10-12-23-20(13-16)25-18-4-2-3-17(22)14-18/h2-8,10,12-14H,9,11H2,1H3,(H,23,25)(H,24,26). The van der Waals surface area contributed by atoms with Crippen LogP contribution in [-0.2, 0) is 6.42 Å². The second-order valence-corrected chi connectivity index (χ2v) is 5.92. The summed E-state index contributed by atoms with van der Waals surface area (Å²) in [6, 6.07) is 17.1. The summed E-state index contributed by atoms with van der Waals surface area (Å²) in [5.74, 6) is 0.752. The zero-order chi connectivity index (χ0) is 19.1. The Morgan fingerprint density at radius 2 is 1.93 bits per heavy atom. The molecule has 0 aliphatic carbocycles. The molecule has 0 unspecified atom stereocenters. The van der Waals surface area contributed by atoms with E-state index < -0.39 is 0 Å². The number of ether oxygens (including phenoxy) is 1. The molecule has 1 heterocycles. The number of aromatic nitrogens is 1. The molecule has 138 valence electrons. The van der Waals surface area contributed by atoms with E-state index in [-0.39, 0.29) is 11.7 Å².